The van der Waals surface area contributed by atoms with Crippen molar-refractivity contribution >= 4 is 0 Å². The quantitative estimate of drug-likeness (QED) is 0.545. The van der Waals surface area contributed by atoms with E-state index in [0.717, 1.165) is 0 Å². The predicted octanol–water partition coefficient (Wildman–Crippen LogP) is -0.429. The summed E-state index contributed by atoms with van der Waals surface area (Å²) < 4.78 is 0. The molecule has 0 saturated carbocycles. The first kappa shape index (κ1) is 10.9. The molecule has 0 atom stereocenters. The van der Waals surface area contributed by atoms with E-state index in [2.05, 4.69) is 44.5 Å². The maximum Gasteiger partial charge on any atom is 1.00 e. The monoisotopic (exact) mass is 204 g/mol. The van der Waals surface area contributed by atoms with Gasteiger partial charge in [-0.3, -0.25) is 0 Å². The first-order valence-electron chi connectivity index (χ1n) is 3.19. The van der Waals surface area contributed by atoms with Crippen molar-refractivity contribution in [1.29, 1.82) is 0 Å². The molecular formula is C9H11Rb. The average molecular weight is 205 g/mol. The van der Waals surface area contributed by atoms with Gasteiger partial charge in [0.2, 0.25) is 0 Å². The molecule has 0 amide bonds. The van der Waals surface area contributed by atoms with Crippen LogP contribution in [0, 0.1) is 13.3 Å². The van der Waals surface area contributed by atoms with Gasteiger partial charge in [0, 0.05) is 0 Å². The summed E-state index contributed by atoms with van der Waals surface area (Å²) >= 11 is 0. The van der Waals surface area contributed by atoms with Crippen molar-refractivity contribution in [3.63, 3.8) is 0 Å². The maximum atomic E-state index is 2.17. The predicted molar refractivity (Wildman–Crippen MR) is 40.3 cm³/mol. The van der Waals surface area contributed by atoms with Crippen LogP contribution in [-0.4, -0.2) is 0 Å². The Bertz CT molecular complexity index is 194. The third kappa shape index (κ3) is 3.33. The van der Waals surface area contributed by atoms with Crippen LogP contribution < -0.4 is 58.2 Å². The molecule has 1 aromatic rings. The van der Waals surface area contributed by atoms with Crippen molar-refractivity contribution < 1.29 is 58.2 Å². The van der Waals surface area contributed by atoms with Crippen molar-refractivity contribution in [2.24, 2.45) is 0 Å². The first-order chi connectivity index (χ1) is 4.33. The van der Waals surface area contributed by atoms with E-state index in [1.54, 1.807) is 0 Å². The molecule has 1 rings (SSSR count). The summed E-state index contributed by atoms with van der Waals surface area (Å²) in [5.74, 6) is 0. The topological polar surface area (TPSA) is 0 Å². The average Bonchev–Trinajstić information content (AvgIpc) is 1.88. The first-order valence-corrected chi connectivity index (χ1v) is 3.19. The van der Waals surface area contributed by atoms with Crippen LogP contribution in [0.2, 0.25) is 0 Å². The second-order valence-corrected chi connectivity index (χ2v) is 2.20. The van der Waals surface area contributed by atoms with E-state index >= 15 is 0 Å². The number of hydrogen-bond donors (Lipinski definition) is 0. The molecule has 0 saturated heterocycles. The molecule has 0 aromatic heterocycles. The summed E-state index contributed by atoms with van der Waals surface area (Å²) in [6.45, 7) is 4.15. The summed E-state index contributed by atoms with van der Waals surface area (Å²) in [5, 5.41) is 0. The molecule has 0 nitrogen and oxygen atoms in total. The van der Waals surface area contributed by atoms with Gasteiger partial charge in [0.1, 0.15) is 0 Å². The maximum absolute atomic E-state index is 2.17. The zero-order chi connectivity index (χ0) is 6.69. The fourth-order valence-corrected chi connectivity index (χ4v) is 0.850. The van der Waals surface area contributed by atoms with E-state index < -0.39 is 0 Å². The van der Waals surface area contributed by atoms with E-state index in [9.17, 15) is 0 Å². The van der Waals surface area contributed by atoms with Crippen LogP contribution in [0.5, 0.6) is 0 Å². The Kier molecular flexibility index (Phi) is 6.03. The molecule has 0 bridgehead atoms. The van der Waals surface area contributed by atoms with Gasteiger partial charge < -0.3 is 0 Å². The molecule has 0 heterocycles. The molecule has 0 unspecified atom stereocenters. The van der Waals surface area contributed by atoms with Gasteiger partial charge in [0.15, 0.2) is 0 Å². The van der Waals surface area contributed by atoms with E-state index in [1.165, 1.54) is 11.1 Å². The molecule has 0 aliphatic heterocycles. The van der Waals surface area contributed by atoms with Gasteiger partial charge in [-0.05, 0) is 0 Å². The van der Waals surface area contributed by atoms with Gasteiger partial charge >= 0.3 is 58.2 Å². The Morgan fingerprint density at radius 1 is 1.30 bits per heavy atom. The Labute approximate surface area is 112 Å². The minimum absolute atomic E-state index is 0. The van der Waals surface area contributed by atoms with Crippen LogP contribution in [0.4, 0.5) is 0 Å². The van der Waals surface area contributed by atoms with E-state index in [4.69, 9.17) is 0 Å². The van der Waals surface area contributed by atoms with Crippen LogP contribution in [0.25, 0.3) is 0 Å². The SMILES string of the molecule is C[CH-]c1cccc(C)c1.[Rb+]. The summed E-state index contributed by atoms with van der Waals surface area (Å²) in [7, 11) is 0. The molecule has 0 radical (unpaired) electrons. The number of rotatable bonds is 1. The van der Waals surface area contributed by atoms with Crippen LogP contribution in [-0.2, 0) is 0 Å². The zero-order valence-corrected chi connectivity index (χ0v) is 11.8. The number of hydrogen-bond acceptors (Lipinski definition) is 0. The molecule has 10 heavy (non-hydrogen) atoms. The minimum Gasteiger partial charge on any atom is -0.192 e. The van der Waals surface area contributed by atoms with Gasteiger partial charge in [-0.15, -0.1) is 11.6 Å². The van der Waals surface area contributed by atoms with E-state index in [-0.39, 0.29) is 58.2 Å². The summed E-state index contributed by atoms with van der Waals surface area (Å²) in [5.41, 5.74) is 2.63. The van der Waals surface area contributed by atoms with Crippen LogP contribution in [0.3, 0.4) is 0 Å². The molecule has 0 aliphatic carbocycles. The largest absolute Gasteiger partial charge is 1.00 e. The summed E-state index contributed by atoms with van der Waals surface area (Å²) in [6.07, 6.45) is 2.10. The van der Waals surface area contributed by atoms with Gasteiger partial charge in [-0.25, -0.2) is 0 Å². The van der Waals surface area contributed by atoms with Gasteiger partial charge in [-0.1, -0.05) is 19.9 Å². The van der Waals surface area contributed by atoms with Crippen LogP contribution in [0.1, 0.15) is 18.1 Å². The van der Waals surface area contributed by atoms with Gasteiger partial charge in [0.25, 0.3) is 0 Å². The molecule has 48 valence electrons. The number of aryl methyl sites for hydroxylation is 1. The van der Waals surface area contributed by atoms with E-state index in [1.807, 2.05) is 0 Å². The Balaban J connectivity index is 0.000000810. The van der Waals surface area contributed by atoms with Crippen molar-refractivity contribution in [2.75, 3.05) is 0 Å². The van der Waals surface area contributed by atoms with Crippen LogP contribution >= 0.6 is 0 Å². The Morgan fingerprint density at radius 3 is 2.40 bits per heavy atom. The molecular weight excluding hydrogens is 194 g/mol. The third-order valence-corrected chi connectivity index (χ3v) is 1.38. The second kappa shape index (κ2) is 5.53. The second-order valence-electron chi connectivity index (χ2n) is 2.20. The molecule has 1 aromatic carbocycles. The fourth-order valence-electron chi connectivity index (χ4n) is 0.850. The zero-order valence-electron chi connectivity index (χ0n) is 6.89. The Hall–Kier alpha value is 0.895. The van der Waals surface area contributed by atoms with Crippen molar-refractivity contribution in [2.45, 2.75) is 13.8 Å². The van der Waals surface area contributed by atoms with Crippen molar-refractivity contribution in [1.82, 2.24) is 0 Å². The number of benzene rings is 1. The van der Waals surface area contributed by atoms with Gasteiger partial charge in [-0.2, -0.15) is 24.1 Å². The molecule has 0 aliphatic rings. The van der Waals surface area contributed by atoms with Crippen molar-refractivity contribution in [3.8, 4) is 0 Å². The Morgan fingerprint density at radius 2 is 2.00 bits per heavy atom. The summed E-state index contributed by atoms with van der Waals surface area (Å²) in [4.78, 5) is 0. The summed E-state index contributed by atoms with van der Waals surface area (Å²) in [6, 6.07) is 8.45. The molecule has 0 fully saturated rings. The van der Waals surface area contributed by atoms with Crippen molar-refractivity contribution in [3.05, 3.63) is 41.8 Å². The van der Waals surface area contributed by atoms with Crippen LogP contribution in [0.15, 0.2) is 24.3 Å². The standard InChI is InChI=1S/C9H11.Rb/c1-3-9-6-4-5-8(2)7-9;/h3-7H,1-2H3;/q-1;+1. The smallest absolute Gasteiger partial charge is 0.192 e. The molecule has 0 spiro atoms. The third-order valence-electron chi connectivity index (χ3n) is 1.38. The molecule has 1 heteroatoms. The minimum atomic E-state index is 0. The van der Waals surface area contributed by atoms with E-state index in [0.29, 0.717) is 0 Å². The fraction of sp³-hybridized carbons (Fsp3) is 0.222. The normalized spacial score (nSPS) is 8.20. The van der Waals surface area contributed by atoms with Gasteiger partial charge in [0.05, 0.1) is 0 Å². The molecule has 0 N–H and O–H groups in total.